The van der Waals surface area contributed by atoms with Crippen LogP contribution in [0.5, 0.6) is 0 Å². The van der Waals surface area contributed by atoms with Gasteiger partial charge in [0, 0.05) is 19.0 Å². The number of rotatable bonds is 6. The Kier molecular flexibility index (Phi) is 6.64. The van der Waals surface area contributed by atoms with Gasteiger partial charge < -0.3 is 10.6 Å². The monoisotopic (exact) mass is 330 g/mol. The highest BCUT2D eigenvalue weighted by atomic mass is 35.5. The topological polar surface area (TPSA) is 58.9 Å². The Bertz CT molecular complexity index is 605. The molecular weight excluding hydrogens is 308 g/mol. The predicted octanol–water partition coefficient (Wildman–Crippen LogP) is 2.52. The second-order valence-corrected chi connectivity index (χ2v) is 6.24. The van der Waals surface area contributed by atoms with E-state index in [4.69, 9.17) is 0 Å². The van der Waals surface area contributed by atoms with E-state index in [-0.39, 0.29) is 18.3 Å². The van der Waals surface area contributed by atoms with Gasteiger partial charge in [-0.2, -0.15) is 5.10 Å². The maximum Gasteiger partial charge on any atom is 0.261 e. The lowest BCUT2D eigenvalue weighted by molar-refractivity contribution is 0.0957. The fourth-order valence-corrected chi connectivity index (χ4v) is 3.16. The third-order valence-electron chi connectivity index (χ3n) is 3.20. The summed E-state index contributed by atoms with van der Waals surface area (Å²) in [5.41, 5.74) is 1.06. The minimum atomic E-state index is 0. The van der Waals surface area contributed by atoms with Crippen LogP contribution >= 0.6 is 23.7 Å². The number of amides is 1. The van der Waals surface area contributed by atoms with E-state index in [0.717, 1.165) is 33.8 Å². The van der Waals surface area contributed by atoms with Gasteiger partial charge in [0.05, 0.1) is 10.6 Å². The highest BCUT2D eigenvalue weighted by Gasteiger charge is 2.18. The average Bonchev–Trinajstić information content (AvgIpc) is 2.95. The molecule has 0 radical (unpaired) electrons. The van der Waals surface area contributed by atoms with Crippen molar-refractivity contribution in [3.63, 3.8) is 0 Å². The number of hydrogen-bond acceptors (Lipinski definition) is 4. The molecule has 0 fully saturated rings. The summed E-state index contributed by atoms with van der Waals surface area (Å²) >= 11 is 1.51. The van der Waals surface area contributed by atoms with Crippen LogP contribution in [0.4, 0.5) is 0 Å². The van der Waals surface area contributed by atoms with Crippen LogP contribution in [-0.2, 0) is 7.05 Å². The first-order valence-electron chi connectivity index (χ1n) is 6.93. The van der Waals surface area contributed by atoms with Crippen molar-refractivity contribution in [2.45, 2.75) is 26.2 Å². The van der Waals surface area contributed by atoms with Gasteiger partial charge in [-0.3, -0.25) is 9.48 Å². The number of nitrogens with zero attached hydrogens (tertiary/aromatic N) is 2. The lowest BCUT2D eigenvalue weighted by Crippen LogP contribution is -2.25. The first-order chi connectivity index (χ1) is 9.54. The van der Waals surface area contributed by atoms with E-state index in [0.29, 0.717) is 12.5 Å². The molecule has 2 heterocycles. The summed E-state index contributed by atoms with van der Waals surface area (Å²) in [6.45, 7) is 5.85. The average molecular weight is 331 g/mol. The van der Waals surface area contributed by atoms with Gasteiger partial charge in [-0.1, -0.05) is 13.8 Å². The Hall–Kier alpha value is -1.11. The first kappa shape index (κ1) is 17.9. The Morgan fingerprint density at radius 3 is 2.76 bits per heavy atom. The SMILES string of the molecule is CNCCCNC(=O)c1cc2c(C(C)C)nn(C)c2s1.Cl. The summed E-state index contributed by atoms with van der Waals surface area (Å²) < 4.78 is 1.87. The van der Waals surface area contributed by atoms with Crippen molar-refractivity contribution in [2.24, 2.45) is 7.05 Å². The molecule has 21 heavy (non-hydrogen) atoms. The van der Waals surface area contributed by atoms with Gasteiger partial charge in [-0.25, -0.2) is 0 Å². The highest BCUT2D eigenvalue weighted by Crippen LogP contribution is 2.31. The molecule has 118 valence electrons. The predicted molar refractivity (Wildman–Crippen MR) is 90.8 cm³/mol. The van der Waals surface area contributed by atoms with E-state index in [2.05, 4.69) is 29.6 Å². The summed E-state index contributed by atoms with van der Waals surface area (Å²) in [7, 11) is 3.84. The van der Waals surface area contributed by atoms with Gasteiger partial charge >= 0.3 is 0 Å². The molecule has 0 bridgehead atoms. The molecule has 0 aliphatic rings. The van der Waals surface area contributed by atoms with E-state index in [1.807, 2.05) is 24.8 Å². The molecule has 0 unspecified atom stereocenters. The molecule has 0 atom stereocenters. The van der Waals surface area contributed by atoms with Crippen molar-refractivity contribution in [3.05, 3.63) is 16.6 Å². The number of fused-ring (bicyclic) bond motifs is 1. The van der Waals surface area contributed by atoms with Gasteiger partial charge in [0.2, 0.25) is 0 Å². The molecular formula is C14H23ClN4OS. The van der Waals surface area contributed by atoms with E-state index in [1.165, 1.54) is 11.3 Å². The molecule has 2 N–H and O–H groups in total. The number of aromatic nitrogens is 2. The molecule has 7 heteroatoms. The number of thiophene rings is 1. The van der Waals surface area contributed by atoms with Crippen molar-refractivity contribution >= 4 is 39.9 Å². The number of halogens is 1. The lowest BCUT2D eigenvalue weighted by atomic mass is 10.1. The van der Waals surface area contributed by atoms with Crippen molar-refractivity contribution in [2.75, 3.05) is 20.1 Å². The number of carbonyl (C=O) groups excluding carboxylic acids is 1. The van der Waals surface area contributed by atoms with Crippen molar-refractivity contribution in [1.29, 1.82) is 0 Å². The molecule has 2 aromatic rings. The zero-order valence-corrected chi connectivity index (χ0v) is 14.5. The van der Waals surface area contributed by atoms with E-state index in [1.54, 1.807) is 0 Å². The summed E-state index contributed by atoms with van der Waals surface area (Å²) in [5, 5.41) is 11.6. The van der Waals surface area contributed by atoms with E-state index in [9.17, 15) is 4.79 Å². The number of aryl methyl sites for hydroxylation is 1. The minimum absolute atomic E-state index is 0. The van der Waals surface area contributed by atoms with Gasteiger partial charge in [-0.05, 0) is 32.0 Å². The van der Waals surface area contributed by atoms with Crippen LogP contribution in [0.25, 0.3) is 10.2 Å². The maximum absolute atomic E-state index is 12.1. The van der Waals surface area contributed by atoms with Crippen LogP contribution in [0.15, 0.2) is 6.07 Å². The Labute approximate surface area is 135 Å². The standard InChI is InChI=1S/C14H22N4OS.ClH/c1-9(2)12-10-8-11(20-14(10)18(4)17-12)13(19)16-7-5-6-15-3;/h8-9,15H,5-7H2,1-4H3,(H,16,19);1H. The minimum Gasteiger partial charge on any atom is -0.351 e. The van der Waals surface area contributed by atoms with Crippen molar-refractivity contribution < 1.29 is 4.79 Å². The number of hydrogen-bond donors (Lipinski definition) is 2. The van der Waals surface area contributed by atoms with Crippen LogP contribution in [-0.4, -0.2) is 35.8 Å². The smallest absolute Gasteiger partial charge is 0.261 e. The molecule has 2 rings (SSSR count). The Balaban J connectivity index is 0.00000220. The van der Waals surface area contributed by atoms with Gasteiger partial charge in [0.1, 0.15) is 4.83 Å². The van der Waals surface area contributed by atoms with Crippen LogP contribution in [0.3, 0.4) is 0 Å². The number of nitrogens with one attached hydrogen (secondary N) is 2. The molecule has 0 aromatic carbocycles. The zero-order valence-electron chi connectivity index (χ0n) is 12.9. The summed E-state index contributed by atoms with van der Waals surface area (Å²) in [5.74, 6) is 0.372. The Morgan fingerprint density at radius 2 is 2.14 bits per heavy atom. The molecule has 0 aliphatic carbocycles. The van der Waals surface area contributed by atoms with Gasteiger partial charge in [0.25, 0.3) is 5.91 Å². The highest BCUT2D eigenvalue weighted by molar-refractivity contribution is 7.20. The Morgan fingerprint density at radius 1 is 1.43 bits per heavy atom. The third-order valence-corrected chi connectivity index (χ3v) is 4.40. The zero-order chi connectivity index (χ0) is 14.7. The summed E-state index contributed by atoms with van der Waals surface area (Å²) in [6.07, 6.45) is 0.936. The van der Waals surface area contributed by atoms with Gasteiger partial charge in [-0.15, -0.1) is 23.7 Å². The molecule has 0 aliphatic heterocycles. The van der Waals surface area contributed by atoms with Crippen molar-refractivity contribution in [3.8, 4) is 0 Å². The summed E-state index contributed by atoms with van der Waals surface area (Å²) in [4.78, 5) is 13.9. The molecule has 1 amide bonds. The molecule has 0 saturated heterocycles. The maximum atomic E-state index is 12.1. The van der Waals surface area contributed by atoms with Crippen LogP contribution in [0, 0.1) is 0 Å². The fourth-order valence-electron chi connectivity index (χ4n) is 2.16. The molecule has 0 spiro atoms. The largest absolute Gasteiger partial charge is 0.351 e. The van der Waals surface area contributed by atoms with E-state index >= 15 is 0 Å². The quantitative estimate of drug-likeness (QED) is 0.800. The number of carbonyl (C=O) groups is 1. The van der Waals surface area contributed by atoms with Crippen LogP contribution in [0.2, 0.25) is 0 Å². The third kappa shape index (κ3) is 3.96. The first-order valence-corrected chi connectivity index (χ1v) is 7.75. The summed E-state index contributed by atoms with van der Waals surface area (Å²) in [6, 6.07) is 1.97. The van der Waals surface area contributed by atoms with Crippen LogP contribution in [0.1, 0.15) is 41.6 Å². The van der Waals surface area contributed by atoms with E-state index < -0.39 is 0 Å². The lowest BCUT2D eigenvalue weighted by Gasteiger charge is -2.03. The molecule has 5 nitrogen and oxygen atoms in total. The normalized spacial score (nSPS) is 10.9. The second-order valence-electron chi connectivity index (χ2n) is 5.21. The fraction of sp³-hybridized carbons (Fsp3) is 0.571. The van der Waals surface area contributed by atoms with Crippen LogP contribution < -0.4 is 10.6 Å². The van der Waals surface area contributed by atoms with Gasteiger partial charge in [0.15, 0.2) is 0 Å². The second kappa shape index (κ2) is 7.77. The molecule has 0 saturated carbocycles. The molecule has 2 aromatic heterocycles. The van der Waals surface area contributed by atoms with Crippen molar-refractivity contribution in [1.82, 2.24) is 20.4 Å².